The van der Waals surface area contributed by atoms with E-state index in [1.54, 1.807) is 42.2 Å². The van der Waals surface area contributed by atoms with Gasteiger partial charge in [-0.1, -0.05) is 23.2 Å². The third-order valence-corrected chi connectivity index (χ3v) is 6.43. The van der Waals surface area contributed by atoms with Gasteiger partial charge in [-0.05, 0) is 43.7 Å². The lowest BCUT2D eigenvalue weighted by Crippen LogP contribution is -2.48. The van der Waals surface area contributed by atoms with E-state index in [2.05, 4.69) is 10.2 Å². The Labute approximate surface area is 215 Å². The van der Waals surface area contributed by atoms with Crippen LogP contribution >= 0.6 is 23.2 Å². The van der Waals surface area contributed by atoms with Gasteiger partial charge in [0.2, 0.25) is 5.91 Å². The van der Waals surface area contributed by atoms with Crippen molar-refractivity contribution < 1.29 is 23.8 Å². The van der Waals surface area contributed by atoms with Crippen molar-refractivity contribution in [2.75, 3.05) is 56.2 Å². The normalized spacial score (nSPS) is 18.1. The molecule has 2 aliphatic rings. The first kappa shape index (κ1) is 25.6. The summed E-state index contributed by atoms with van der Waals surface area (Å²) in [7, 11) is 0. The summed E-state index contributed by atoms with van der Waals surface area (Å²) in [4.78, 5) is 29.3. The zero-order valence-corrected chi connectivity index (χ0v) is 21.1. The number of nitrogens with one attached hydrogen (secondary N) is 1. The smallest absolute Gasteiger partial charge is 0.267 e. The van der Waals surface area contributed by atoms with Crippen LogP contribution < -0.4 is 19.7 Å². The van der Waals surface area contributed by atoms with Crippen molar-refractivity contribution in [1.82, 2.24) is 4.90 Å². The van der Waals surface area contributed by atoms with Crippen molar-refractivity contribution in [3.05, 3.63) is 46.4 Å². The van der Waals surface area contributed by atoms with Gasteiger partial charge in [-0.2, -0.15) is 0 Å². The second kappa shape index (κ2) is 11.9. The Morgan fingerprint density at radius 1 is 1.14 bits per heavy atom. The molecule has 0 spiro atoms. The molecule has 0 saturated carbocycles. The summed E-state index contributed by atoms with van der Waals surface area (Å²) in [6.07, 6.45) is 0.214. The summed E-state index contributed by atoms with van der Waals surface area (Å²) in [5.41, 5.74) is 1.33. The molecule has 188 valence electrons. The van der Waals surface area contributed by atoms with Crippen LogP contribution in [-0.2, 0) is 14.3 Å². The fourth-order valence-corrected chi connectivity index (χ4v) is 4.48. The predicted octanol–water partition coefficient (Wildman–Crippen LogP) is 4.24. The fourth-order valence-electron chi connectivity index (χ4n) is 4.02. The largest absolute Gasteiger partial charge is 0.492 e. The van der Waals surface area contributed by atoms with Crippen molar-refractivity contribution in [1.29, 1.82) is 0 Å². The van der Waals surface area contributed by atoms with Crippen LogP contribution in [0.2, 0.25) is 10.0 Å². The molecule has 1 atom stereocenters. The van der Waals surface area contributed by atoms with Gasteiger partial charge >= 0.3 is 0 Å². The number of rotatable bonds is 9. The molecular formula is C25H29Cl2N3O5. The molecule has 1 unspecified atom stereocenters. The molecule has 0 bridgehead atoms. The molecule has 2 aliphatic heterocycles. The number of nitrogens with zero attached hydrogens (tertiary/aromatic N) is 2. The number of halogens is 2. The van der Waals surface area contributed by atoms with E-state index >= 15 is 0 Å². The van der Waals surface area contributed by atoms with E-state index in [0.717, 1.165) is 19.6 Å². The highest BCUT2D eigenvalue weighted by molar-refractivity contribution is 6.35. The highest BCUT2D eigenvalue weighted by Crippen LogP contribution is 2.36. The number of carbonyl (C=O) groups is 2. The van der Waals surface area contributed by atoms with E-state index in [-0.39, 0.29) is 18.2 Å². The zero-order chi connectivity index (χ0) is 24.8. The quantitative estimate of drug-likeness (QED) is 0.497. The number of hydrogen-bond acceptors (Lipinski definition) is 6. The number of morpholine rings is 1. The molecule has 10 heteroatoms. The molecule has 1 fully saturated rings. The minimum absolute atomic E-state index is 0.0664. The number of anilines is 2. The van der Waals surface area contributed by atoms with Gasteiger partial charge in [0.05, 0.1) is 30.5 Å². The first-order valence-corrected chi connectivity index (χ1v) is 12.5. The molecule has 8 nitrogen and oxygen atoms in total. The Kier molecular flexibility index (Phi) is 8.73. The molecule has 4 rings (SSSR count). The lowest BCUT2D eigenvalue weighted by Gasteiger charge is -2.35. The lowest BCUT2D eigenvalue weighted by molar-refractivity contribution is -0.125. The number of carbonyl (C=O) groups excluding carboxylic acids is 2. The van der Waals surface area contributed by atoms with Gasteiger partial charge in [0.15, 0.2) is 6.10 Å². The van der Waals surface area contributed by atoms with Crippen LogP contribution in [0.15, 0.2) is 36.4 Å². The third kappa shape index (κ3) is 6.79. The summed E-state index contributed by atoms with van der Waals surface area (Å²) < 4.78 is 16.9. The summed E-state index contributed by atoms with van der Waals surface area (Å²) in [5, 5.41) is 3.86. The molecule has 0 radical (unpaired) electrons. The SMILES string of the molecule is CC1Oc2cc(NC(=O)CCCOc3ccc(Cl)cc3Cl)ccc2N(CCN2CCOCC2)C1=O. The first-order valence-electron chi connectivity index (χ1n) is 11.7. The molecule has 1 saturated heterocycles. The van der Waals surface area contributed by atoms with E-state index in [0.29, 0.717) is 65.7 Å². The van der Waals surface area contributed by atoms with E-state index < -0.39 is 6.10 Å². The van der Waals surface area contributed by atoms with Crippen molar-refractivity contribution >= 4 is 46.4 Å². The number of benzene rings is 2. The summed E-state index contributed by atoms with van der Waals surface area (Å²) in [5.74, 6) is 0.908. The summed E-state index contributed by atoms with van der Waals surface area (Å²) >= 11 is 12.0. The van der Waals surface area contributed by atoms with Crippen LogP contribution in [0.25, 0.3) is 0 Å². The molecule has 2 heterocycles. The Morgan fingerprint density at radius 3 is 2.71 bits per heavy atom. The minimum atomic E-state index is -0.588. The molecule has 35 heavy (non-hydrogen) atoms. The van der Waals surface area contributed by atoms with Crippen molar-refractivity contribution in [3.63, 3.8) is 0 Å². The van der Waals surface area contributed by atoms with E-state index in [1.165, 1.54) is 0 Å². The zero-order valence-electron chi connectivity index (χ0n) is 19.6. The molecule has 1 N–H and O–H groups in total. The van der Waals surface area contributed by atoms with E-state index in [9.17, 15) is 9.59 Å². The maximum atomic E-state index is 12.8. The minimum Gasteiger partial charge on any atom is -0.492 e. The van der Waals surface area contributed by atoms with Crippen LogP contribution in [0.1, 0.15) is 19.8 Å². The Balaban J connectivity index is 1.30. The van der Waals surface area contributed by atoms with Gasteiger partial charge in [0, 0.05) is 49.4 Å². The van der Waals surface area contributed by atoms with Crippen LogP contribution in [0.4, 0.5) is 11.4 Å². The molecule has 2 aromatic rings. The Morgan fingerprint density at radius 2 is 1.94 bits per heavy atom. The summed E-state index contributed by atoms with van der Waals surface area (Å²) in [6.45, 7) is 6.59. The number of amides is 2. The van der Waals surface area contributed by atoms with Crippen molar-refractivity contribution in [2.24, 2.45) is 0 Å². The maximum absolute atomic E-state index is 12.8. The average molecular weight is 522 g/mol. The standard InChI is InChI=1S/C25H29Cl2N3O5/c1-17-25(32)30(9-8-29-10-13-33-14-11-29)21-6-5-19(16-23(21)35-17)28-24(31)3-2-12-34-22-7-4-18(26)15-20(22)27/h4-7,15-17H,2-3,8-14H2,1H3,(H,28,31). The molecule has 0 aromatic heterocycles. The molecule has 2 aromatic carbocycles. The van der Waals surface area contributed by atoms with Gasteiger partial charge in [0.25, 0.3) is 5.91 Å². The van der Waals surface area contributed by atoms with Gasteiger partial charge < -0.3 is 24.4 Å². The Hall–Kier alpha value is -2.52. The molecule has 2 amide bonds. The van der Waals surface area contributed by atoms with Gasteiger partial charge in [-0.25, -0.2) is 0 Å². The highest BCUT2D eigenvalue weighted by Gasteiger charge is 2.32. The average Bonchev–Trinajstić information content (AvgIpc) is 2.84. The number of ether oxygens (including phenoxy) is 3. The second-order valence-electron chi connectivity index (χ2n) is 8.46. The highest BCUT2D eigenvalue weighted by atomic mass is 35.5. The predicted molar refractivity (Wildman–Crippen MR) is 136 cm³/mol. The van der Waals surface area contributed by atoms with Crippen LogP contribution in [-0.4, -0.2) is 68.8 Å². The molecule has 0 aliphatic carbocycles. The van der Waals surface area contributed by atoms with Gasteiger partial charge in [-0.3, -0.25) is 14.5 Å². The number of fused-ring (bicyclic) bond motifs is 1. The topological polar surface area (TPSA) is 80.3 Å². The second-order valence-corrected chi connectivity index (χ2v) is 9.31. The van der Waals surface area contributed by atoms with Crippen LogP contribution in [0.3, 0.4) is 0 Å². The number of hydrogen-bond donors (Lipinski definition) is 1. The first-order chi connectivity index (χ1) is 16.9. The van der Waals surface area contributed by atoms with E-state index in [1.807, 2.05) is 6.07 Å². The van der Waals surface area contributed by atoms with Crippen molar-refractivity contribution in [3.8, 4) is 11.5 Å². The van der Waals surface area contributed by atoms with Gasteiger partial charge in [0.1, 0.15) is 11.5 Å². The Bertz CT molecular complexity index is 1060. The van der Waals surface area contributed by atoms with E-state index in [4.69, 9.17) is 37.4 Å². The van der Waals surface area contributed by atoms with Crippen LogP contribution in [0.5, 0.6) is 11.5 Å². The third-order valence-electron chi connectivity index (χ3n) is 5.90. The van der Waals surface area contributed by atoms with Crippen LogP contribution in [0, 0.1) is 0 Å². The van der Waals surface area contributed by atoms with Gasteiger partial charge in [-0.15, -0.1) is 0 Å². The monoisotopic (exact) mass is 521 g/mol. The fraction of sp³-hybridized carbons (Fsp3) is 0.440. The molecular weight excluding hydrogens is 493 g/mol. The van der Waals surface area contributed by atoms with Crippen molar-refractivity contribution in [2.45, 2.75) is 25.9 Å². The lowest BCUT2D eigenvalue weighted by atomic mass is 10.1. The maximum Gasteiger partial charge on any atom is 0.267 e. The summed E-state index contributed by atoms with van der Waals surface area (Å²) in [6, 6.07) is 10.4.